The van der Waals surface area contributed by atoms with Crippen LogP contribution in [0, 0.1) is 13.8 Å². The van der Waals surface area contributed by atoms with E-state index in [2.05, 4.69) is 10.3 Å². The van der Waals surface area contributed by atoms with Crippen molar-refractivity contribution in [3.05, 3.63) is 51.1 Å². The number of benzene rings is 1. The molecule has 1 aliphatic heterocycles. The van der Waals surface area contributed by atoms with Crippen molar-refractivity contribution in [1.29, 1.82) is 0 Å². The van der Waals surface area contributed by atoms with Crippen LogP contribution in [-0.4, -0.2) is 58.7 Å². The molecule has 3 heterocycles. The molecule has 5 rings (SSSR count). The molecule has 170 valence electrons. The molecule has 1 aliphatic carbocycles. The quantitative estimate of drug-likeness (QED) is 0.589. The summed E-state index contributed by atoms with van der Waals surface area (Å²) < 4.78 is 34.5. The first kappa shape index (κ1) is 21.3. The molecule has 2 aliphatic rings. The van der Waals surface area contributed by atoms with Gasteiger partial charge in [-0.2, -0.15) is 9.40 Å². The normalized spacial score (nSPS) is 18.2. The van der Waals surface area contributed by atoms with Gasteiger partial charge >= 0.3 is 0 Å². The van der Waals surface area contributed by atoms with Crippen molar-refractivity contribution >= 4 is 20.9 Å². The third kappa shape index (κ3) is 3.66. The maximum absolute atomic E-state index is 13.2. The first-order valence-corrected chi connectivity index (χ1v) is 12.5. The zero-order valence-electron chi connectivity index (χ0n) is 18.4. The molecule has 0 spiro atoms. The largest absolute Gasteiger partial charge is 0.360 e. The standard InChI is InChI=1S/C22H27N5O4S/c1-15-20-16(2)31-24-21(20)22(28)27(23-15)14-25-9-11-26(12-10-25)32(29,30)19-8-7-17-5-3-4-6-18(17)13-19/h7-8,13H,3-6,9-12,14H2,1-2H3. The number of piperazine rings is 1. The highest BCUT2D eigenvalue weighted by atomic mass is 32.2. The van der Waals surface area contributed by atoms with Crippen molar-refractivity contribution in [1.82, 2.24) is 24.1 Å². The van der Waals surface area contributed by atoms with Gasteiger partial charge in [0.25, 0.3) is 5.56 Å². The molecule has 0 amide bonds. The number of hydrogen-bond donors (Lipinski definition) is 0. The zero-order valence-corrected chi connectivity index (χ0v) is 19.2. The fourth-order valence-corrected chi connectivity index (χ4v) is 6.23. The van der Waals surface area contributed by atoms with E-state index in [9.17, 15) is 13.2 Å². The summed E-state index contributed by atoms with van der Waals surface area (Å²) in [4.78, 5) is 15.2. The molecule has 0 saturated carbocycles. The molecule has 9 nitrogen and oxygen atoms in total. The Morgan fingerprint density at radius 2 is 1.75 bits per heavy atom. The third-order valence-corrected chi connectivity index (χ3v) is 8.45. The highest BCUT2D eigenvalue weighted by Crippen LogP contribution is 2.26. The Morgan fingerprint density at radius 3 is 2.50 bits per heavy atom. The Balaban J connectivity index is 1.30. The average Bonchev–Trinajstić information content (AvgIpc) is 3.19. The van der Waals surface area contributed by atoms with E-state index in [1.165, 1.54) is 16.7 Å². The summed E-state index contributed by atoms with van der Waals surface area (Å²) in [6.07, 6.45) is 4.26. The molecule has 10 heteroatoms. The summed E-state index contributed by atoms with van der Waals surface area (Å²) in [5, 5.41) is 8.96. The summed E-state index contributed by atoms with van der Waals surface area (Å²) in [6.45, 7) is 5.66. The first-order chi connectivity index (χ1) is 15.3. The Morgan fingerprint density at radius 1 is 1.03 bits per heavy atom. The monoisotopic (exact) mass is 457 g/mol. The van der Waals surface area contributed by atoms with Crippen LogP contribution in [0.2, 0.25) is 0 Å². The van der Waals surface area contributed by atoms with Gasteiger partial charge in [0.05, 0.1) is 22.6 Å². The molecule has 2 aromatic heterocycles. The molecule has 0 radical (unpaired) electrons. The number of aromatic nitrogens is 3. The summed E-state index contributed by atoms with van der Waals surface area (Å²) >= 11 is 0. The Labute approximate surface area is 186 Å². The van der Waals surface area contributed by atoms with Gasteiger partial charge in [-0.25, -0.2) is 13.1 Å². The van der Waals surface area contributed by atoms with Gasteiger partial charge in [0.2, 0.25) is 10.0 Å². The van der Waals surface area contributed by atoms with Gasteiger partial charge < -0.3 is 4.52 Å². The molecule has 3 aromatic rings. The topological polar surface area (TPSA) is 102 Å². The van der Waals surface area contributed by atoms with E-state index in [4.69, 9.17) is 4.52 Å². The van der Waals surface area contributed by atoms with Gasteiger partial charge in [0, 0.05) is 26.2 Å². The predicted octanol–water partition coefficient (Wildman–Crippen LogP) is 1.84. The van der Waals surface area contributed by atoms with Gasteiger partial charge in [-0.05, 0) is 62.8 Å². The molecule has 32 heavy (non-hydrogen) atoms. The molecule has 0 bridgehead atoms. The van der Waals surface area contributed by atoms with Gasteiger partial charge in [-0.15, -0.1) is 0 Å². The summed E-state index contributed by atoms with van der Waals surface area (Å²) in [5.74, 6) is 0.579. The van der Waals surface area contributed by atoms with E-state index in [0.29, 0.717) is 47.9 Å². The van der Waals surface area contributed by atoms with Crippen LogP contribution in [0.3, 0.4) is 0 Å². The second-order valence-corrected chi connectivity index (χ2v) is 10.6. The van der Waals surface area contributed by atoms with Crippen LogP contribution in [0.15, 0.2) is 32.4 Å². The van der Waals surface area contributed by atoms with Gasteiger partial charge in [-0.1, -0.05) is 11.2 Å². The Bertz CT molecular complexity index is 1340. The average molecular weight is 458 g/mol. The fourth-order valence-electron chi connectivity index (χ4n) is 4.76. The van der Waals surface area contributed by atoms with Gasteiger partial charge in [0.15, 0.2) is 5.52 Å². The maximum atomic E-state index is 13.2. The predicted molar refractivity (Wildman–Crippen MR) is 119 cm³/mol. The smallest absolute Gasteiger partial charge is 0.298 e. The lowest BCUT2D eigenvalue weighted by Gasteiger charge is -2.34. The third-order valence-electron chi connectivity index (χ3n) is 6.56. The molecular weight excluding hydrogens is 430 g/mol. The minimum atomic E-state index is -3.53. The van der Waals surface area contributed by atoms with Crippen LogP contribution in [-0.2, 0) is 29.5 Å². The lowest BCUT2D eigenvalue weighted by Crippen LogP contribution is -2.49. The lowest BCUT2D eigenvalue weighted by atomic mass is 9.92. The van der Waals surface area contributed by atoms with E-state index >= 15 is 0 Å². The minimum Gasteiger partial charge on any atom is -0.360 e. The van der Waals surface area contributed by atoms with Crippen molar-refractivity contribution in [2.24, 2.45) is 0 Å². The molecule has 1 fully saturated rings. The molecule has 0 N–H and O–H groups in total. The van der Waals surface area contributed by atoms with E-state index < -0.39 is 10.0 Å². The van der Waals surface area contributed by atoms with Crippen LogP contribution in [0.4, 0.5) is 0 Å². The molecule has 1 saturated heterocycles. The van der Waals surface area contributed by atoms with E-state index in [1.807, 2.05) is 24.0 Å². The van der Waals surface area contributed by atoms with Crippen LogP contribution in [0.5, 0.6) is 0 Å². The van der Waals surface area contributed by atoms with Gasteiger partial charge in [0.1, 0.15) is 5.76 Å². The summed E-state index contributed by atoms with van der Waals surface area (Å²) in [5.41, 5.74) is 3.10. The highest BCUT2D eigenvalue weighted by Gasteiger charge is 2.29. The molecule has 0 atom stereocenters. The Kier molecular flexibility index (Phi) is 5.39. The second kappa shape index (κ2) is 8.09. The minimum absolute atomic E-state index is 0.281. The maximum Gasteiger partial charge on any atom is 0.298 e. The zero-order chi connectivity index (χ0) is 22.5. The van der Waals surface area contributed by atoms with E-state index in [0.717, 1.165) is 24.8 Å². The molecule has 1 aromatic carbocycles. The van der Waals surface area contributed by atoms with Gasteiger partial charge in [-0.3, -0.25) is 9.69 Å². The number of sulfonamides is 1. The van der Waals surface area contributed by atoms with Crippen molar-refractivity contribution in [3.8, 4) is 0 Å². The van der Waals surface area contributed by atoms with Crippen molar-refractivity contribution in [3.63, 3.8) is 0 Å². The summed E-state index contributed by atoms with van der Waals surface area (Å²) in [6, 6.07) is 5.57. The van der Waals surface area contributed by atoms with Crippen molar-refractivity contribution in [2.45, 2.75) is 51.1 Å². The summed E-state index contributed by atoms with van der Waals surface area (Å²) in [7, 11) is -3.53. The van der Waals surface area contributed by atoms with Crippen LogP contribution < -0.4 is 5.56 Å². The Hall–Kier alpha value is -2.56. The SMILES string of the molecule is Cc1nn(CN2CCN(S(=O)(=O)c3ccc4c(c3)CCCC4)CC2)c(=O)c2noc(C)c12. The number of rotatable bonds is 4. The van der Waals surface area contributed by atoms with Crippen LogP contribution in [0.25, 0.3) is 10.9 Å². The lowest BCUT2D eigenvalue weighted by molar-refractivity contribution is 0.143. The number of hydrogen-bond acceptors (Lipinski definition) is 7. The highest BCUT2D eigenvalue weighted by molar-refractivity contribution is 7.89. The van der Waals surface area contributed by atoms with E-state index in [1.54, 1.807) is 17.3 Å². The molecular formula is C22H27N5O4S. The first-order valence-electron chi connectivity index (χ1n) is 11.0. The van der Waals surface area contributed by atoms with Crippen molar-refractivity contribution < 1.29 is 12.9 Å². The van der Waals surface area contributed by atoms with Crippen LogP contribution >= 0.6 is 0 Å². The molecule has 0 unspecified atom stereocenters. The number of nitrogens with zero attached hydrogens (tertiary/aromatic N) is 5. The second-order valence-electron chi connectivity index (χ2n) is 8.65. The van der Waals surface area contributed by atoms with Crippen LogP contribution in [0.1, 0.15) is 35.4 Å². The fraction of sp³-hybridized carbons (Fsp3) is 0.500. The van der Waals surface area contributed by atoms with E-state index in [-0.39, 0.29) is 17.7 Å². The van der Waals surface area contributed by atoms with Crippen molar-refractivity contribution in [2.75, 3.05) is 26.2 Å². The number of fused-ring (bicyclic) bond motifs is 2. The number of aryl methyl sites for hydroxylation is 4.